The number of pyridine rings is 1. The Bertz CT molecular complexity index is 1680. The van der Waals surface area contributed by atoms with Gasteiger partial charge in [0, 0.05) is 63.1 Å². The maximum absolute atomic E-state index is 15.3. The van der Waals surface area contributed by atoms with Gasteiger partial charge in [-0.2, -0.15) is 5.26 Å². The van der Waals surface area contributed by atoms with Gasteiger partial charge in [-0.1, -0.05) is 32.2 Å². The number of carbonyl (C=O) groups excluding carboxylic acids is 1. The molecule has 10 nitrogen and oxygen atoms in total. The molecule has 2 N–H and O–H groups in total. The van der Waals surface area contributed by atoms with Crippen molar-refractivity contribution in [3.05, 3.63) is 66.5 Å². The van der Waals surface area contributed by atoms with Crippen LogP contribution in [0.1, 0.15) is 6.92 Å². The van der Waals surface area contributed by atoms with E-state index in [9.17, 15) is 4.79 Å². The number of nitrogens with one attached hydrogen (secondary N) is 2. The summed E-state index contributed by atoms with van der Waals surface area (Å²) in [4.78, 5) is 16.9. The quantitative estimate of drug-likeness (QED) is 0.126. The summed E-state index contributed by atoms with van der Waals surface area (Å²) in [7, 11) is -0.449. The minimum Gasteiger partial charge on any atom is -0.479 e. The Kier molecular flexibility index (Phi) is 9.97. The van der Waals surface area contributed by atoms with Crippen molar-refractivity contribution < 1.29 is 32.5 Å². The summed E-state index contributed by atoms with van der Waals surface area (Å²) in [6, 6.07) is 13.0. The predicted molar refractivity (Wildman–Crippen MR) is 167 cm³/mol. The molecule has 2 aromatic carbocycles. The number of anilines is 1. The fraction of sp³-hybridized carbons (Fsp3) is 0.344. The zero-order valence-corrected chi connectivity index (χ0v) is 26.3. The Balaban J connectivity index is 1.42. The largest absolute Gasteiger partial charge is 0.479 e. The summed E-state index contributed by atoms with van der Waals surface area (Å²) in [5, 5.41) is 14.5. The van der Waals surface area contributed by atoms with Gasteiger partial charge in [-0.3, -0.25) is 0 Å². The van der Waals surface area contributed by atoms with Gasteiger partial charge < -0.3 is 34.1 Å². The van der Waals surface area contributed by atoms with Crippen LogP contribution < -0.4 is 20.1 Å². The van der Waals surface area contributed by atoms with Gasteiger partial charge >= 0.3 is 6.03 Å². The zero-order valence-electron chi connectivity index (χ0n) is 25.3. The van der Waals surface area contributed by atoms with E-state index in [4.69, 9.17) is 24.2 Å². The second kappa shape index (κ2) is 14.1. The van der Waals surface area contributed by atoms with Crippen molar-refractivity contribution >= 4 is 31.5 Å². The monoisotopic (exact) mass is 634 g/mol. The van der Waals surface area contributed by atoms with Crippen molar-refractivity contribution in [2.45, 2.75) is 32.8 Å². The number of halogens is 2. The lowest BCUT2D eigenvalue weighted by atomic mass is 9.89. The fourth-order valence-electron chi connectivity index (χ4n) is 4.74. The number of hydrogen-bond acceptors (Lipinski definition) is 7. The molecule has 45 heavy (non-hydrogen) atoms. The number of carbonyl (C=O) groups is 1. The topological polar surface area (TPSA) is 120 Å². The van der Waals surface area contributed by atoms with Crippen molar-refractivity contribution in [2.75, 3.05) is 38.3 Å². The molecule has 235 valence electrons. The van der Waals surface area contributed by atoms with E-state index in [2.05, 4.69) is 28.7 Å². The molecular formula is C32H34F2N5O5Si. The van der Waals surface area contributed by atoms with Gasteiger partial charge in [0.2, 0.25) is 0 Å². The SMILES string of the molecule is C[Si](C)CCOCn1cc(-c2ccc(OCC#N)cc2)c2c(Oc3c(F)cc(NC(=O)NCC4(C)COC4)cc3F)ccnc21. The standard InChI is InChI=1S/C32H34F2N5O5Si/c1-32(18-42-19-32)17-37-31(40)38-22-14-25(33)29(26(34)15-22)44-27-8-10-36-30-28(27)24(16-39(30)20-41-12-13-45(2)3)21-4-6-23(7-5-21)43-11-9-35/h4-8,10,14-16H,11-13,17-20H2,1-3H3,(H2,37,38,40). The zero-order chi connectivity index (χ0) is 32.0. The van der Waals surface area contributed by atoms with E-state index >= 15 is 8.78 Å². The maximum Gasteiger partial charge on any atom is 0.319 e. The minimum atomic E-state index is -0.991. The van der Waals surface area contributed by atoms with Crippen LogP contribution >= 0.6 is 0 Å². The van der Waals surface area contributed by atoms with Crippen molar-refractivity contribution in [3.63, 3.8) is 0 Å². The molecule has 1 radical (unpaired) electrons. The highest BCUT2D eigenvalue weighted by atomic mass is 28.3. The van der Waals surface area contributed by atoms with Crippen molar-refractivity contribution in [1.82, 2.24) is 14.9 Å². The summed E-state index contributed by atoms with van der Waals surface area (Å²) in [5.41, 5.74) is 1.75. The number of benzene rings is 2. The second-order valence-corrected chi connectivity index (χ2v) is 14.4. The number of hydrogen-bond donors (Lipinski definition) is 2. The van der Waals surface area contributed by atoms with E-state index in [1.165, 1.54) is 12.3 Å². The lowest BCUT2D eigenvalue weighted by Gasteiger charge is -2.37. The molecule has 0 aliphatic carbocycles. The van der Waals surface area contributed by atoms with E-state index in [1.54, 1.807) is 12.1 Å². The van der Waals surface area contributed by atoms with E-state index in [0.29, 0.717) is 48.7 Å². The first-order chi connectivity index (χ1) is 21.7. The van der Waals surface area contributed by atoms with Gasteiger partial charge in [-0.25, -0.2) is 18.6 Å². The van der Waals surface area contributed by atoms with Gasteiger partial charge in [-0.05, 0) is 29.8 Å². The van der Waals surface area contributed by atoms with Gasteiger partial charge in [0.15, 0.2) is 24.0 Å². The van der Waals surface area contributed by atoms with Crippen LogP contribution in [-0.2, 0) is 16.2 Å². The molecule has 0 unspecified atom stereocenters. The van der Waals surface area contributed by atoms with Crippen LogP contribution in [0.2, 0.25) is 19.1 Å². The molecule has 4 aromatic rings. The average Bonchev–Trinajstić information content (AvgIpc) is 3.37. The van der Waals surface area contributed by atoms with Crippen molar-refractivity contribution in [2.24, 2.45) is 5.41 Å². The Morgan fingerprint density at radius 2 is 1.91 bits per heavy atom. The van der Waals surface area contributed by atoms with Crippen LogP contribution in [0, 0.1) is 28.4 Å². The highest BCUT2D eigenvalue weighted by Gasteiger charge is 2.33. The maximum atomic E-state index is 15.3. The molecule has 1 aliphatic rings. The van der Waals surface area contributed by atoms with Crippen LogP contribution in [0.5, 0.6) is 17.2 Å². The molecule has 5 rings (SSSR count). The molecule has 0 atom stereocenters. The first-order valence-corrected chi connectivity index (χ1v) is 17.1. The number of nitrogens with zero attached hydrogens (tertiary/aromatic N) is 3. The van der Waals surface area contributed by atoms with Gasteiger partial charge in [-0.15, -0.1) is 0 Å². The number of amides is 2. The van der Waals surface area contributed by atoms with Crippen LogP contribution in [0.15, 0.2) is 54.9 Å². The van der Waals surface area contributed by atoms with Crippen LogP contribution in [0.4, 0.5) is 19.3 Å². The third kappa shape index (κ3) is 7.77. The molecule has 2 amide bonds. The Morgan fingerprint density at radius 3 is 2.56 bits per heavy atom. The van der Waals surface area contributed by atoms with Crippen molar-refractivity contribution in [1.29, 1.82) is 5.26 Å². The second-order valence-electron chi connectivity index (χ2n) is 11.5. The first kappa shape index (κ1) is 31.9. The number of nitriles is 1. The number of aromatic nitrogens is 2. The molecule has 1 aliphatic heterocycles. The highest BCUT2D eigenvalue weighted by Crippen LogP contribution is 2.40. The summed E-state index contributed by atoms with van der Waals surface area (Å²) >= 11 is 0. The molecule has 1 fully saturated rings. The summed E-state index contributed by atoms with van der Waals surface area (Å²) in [6.45, 7) is 8.57. The van der Waals surface area contributed by atoms with E-state index in [1.807, 2.05) is 35.9 Å². The molecule has 1 saturated heterocycles. The van der Waals surface area contributed by atoms with Crippen LogP contribution in [0.3, 0.4) is 0 Å². The number of ether oxygens (including phenoxy) is 4. The third-order valence-electron chi connectivity index (χ3n) is 7.21. The average molecular weight is 635 g/mol. The number of rotatable bonds is 13. The molecular weight excluding hydrogens is 600 g/mol. The summed E-state index contributed by atoms with van der Waals surface area (Å²) in [6.07, 6.45) is 3.35. The Hall–Kier alpha value is -4.51. The third-order valence-corrected chi connectivity index (χ3v) is 8.41. The number of fused-ring (bicyclic) bond motifs is 1. The fourth-order valence-corrected chi connectivity index (χ4v) is 5.29. The van der Waals surface area contributed by atoms with Gasteiger partial charge in [0.25, 0.3) is 0 Å². The van der Waals surface area contributed by atoms with E-state index in [0.717, 1.165) is 23.7 Å². The Labute approximate surface area is 261 Å². The first-order valence-electron chi connectivity index (χ1n) is 14.4. The summed E-state index contributed by atoms with van der Waals surface area (Å²) in [5.74, 6) is -1.90. The molecule has 3 heterocycles. The van der Waals surface area contributed by atoms with E-state index < -0.39 is 32.2 Å². The molecule has 13 heteroatoms. The normalized spacial score (nSPS) is 13.7. The lowest BCUT2D eigenvalue weighted by molar-refractivity contribution is -0.0974. The molecule has 0 bridgehead atoms. The molecule has 0 spiro atoms. The van der Waals surface area contributed by atoms with E-state index in [-0.39, 0.29) is 30.2 Å². The van der Waals surface area contributed by atoms with Gasteiger partial charge in [0.05, 0.1) is 18.6 Å². The number of urea groups is 1. The smallest absolute Gasteiger partial charge is 0.319 e. The van der Waals surface area contributed by atoms with Crippen molar-refractivity contribution in [3.8, 4) is 34.4 Å². The van der Waals surface area contributed by atoms with Crippen LogP contribution in [-0.4, -0.2) is 57.4 Å². The van der Waals surface area contributed by atoms with Crippen LogP contribution in [0.25, 0.3) is 22.2 Å². The van der Waals surface area contributed by atoms with Gasteiger partial charge in [0.1, 0.15) is 29.9 Å². The molecule has 0 saturated carbocycles. The Morgan fingerprint density at radius 1 is 1.18 bits per heavy atom. The highest BCUT2D eigenvalue weighted by molar-refractivity contribution is 6.55. The lowest BCUT2D eigenvalue weighted by Crippen LogP contribution is -2.49. The minimum absolute atomic E-state index is 0.0592. The molecule has 2 aromatic heterocycles. The summed E-state index contributed by atoms with van der Waals surface area (Å²) < 4.78 is 54.8. The predicted octanol–water partition coefficient (Wildman–Crippen LogP) is 6.56.